The Kier molecular flexibility index (Phi) is 6.12. The number of carbonyl (C=O) groups is 2. The first kappa shape index (κ1) is 21.4. The van der Waals surface area contributed by atoms with Gasteiger partial charge in [-0.3, -0.25) is 4.79 Å². The molecule has 3 aromatic rings. The van der Waals surface area contributed by atoms with Crippen LogP contribution in [0.3, 0.4) is 0 Å². The molecule has 0 spiro atoms. The summed E-state index contributed by atoms with van der Waals surface area (Å²) in [7, 11) is 1.60. The van der Waals surface area contributed by atoms with Crippen LogP contribution in [0.25, 0.3) is 0 Å². The number of hydrogen-bond donors (Lipinski definition) is 2. The van der Waals surface area contributed by atoms with Crippen molar-refractivity contribution < 1.29 is 14.3 Å². The van der Waals surface area contributed by atoms with Crippen LogP contribution >= 0.6 is 0 Å². The van der Waals surface area contributed by atoms with Gasteiger partial charge in [0.15, 0.2) is 0 Å². The zero-order valence-corrected chi connectivity index (χ0v) is 18.6. The van der Waals surface area contributed by atoms with E-state index in [4.69, 9.17) is 4.74 Å². The average Bonchev–Trinajstić information content (AvgIpc) is 3.22. The number of fused-ring (bicyclic) bond motifs is 1. The number of carbonyl (C=O) groups excluding carboxylic acids is 2. The molecule has 32 heavy (non-hydrogen) atoms. The topological polar surface area (TPSA) is 70.7 Å². The van der Waals surface area contributed by atoms with Crippen molar-refractivity contribution in [2.75, 3.05) is 23.9 Å². The average molecular weight is 430 g/mol. The van der Waals surface area contributed by atoms with Crippen LogP contribution in [0.2, 0.25) is 0 Å². The molecule has 0 aliphatic carbocycles. The second kappa shape index (κ2) is 9.14. The Balaban J connectivity index is 1.42. The third-order valence-electron chi connectivity index (χ3n) is 5.71. The quantitative estimate of drug-likeness (QED) is 0.610. The number of ether oxygens (including phenoxy) is 1. The Bertz CT molecular complexity index is 1160. The van der Waals surface area contributed by atoms with Crippen LogP contribution in [0.5, 0.6) is 5.75 Å². The highest BCUT2D eigenvalue weighted by molar-refractivity contribution is 6.07. The summed E-state index contributed by atoms with van der Waals surface area (Å²) >= 11 is 0. The molecule has 0 radical (unpaired) electrons. The smallest absolute Gasteiger partial charge is 0.319 e. The van der Waals surface area contributed by atoms with E-state index in [9.17, 15) is 9.59 Å². The third kappa shape index (κ3) is 4.59. The molecule has 164 valence electrons. The summed E-state index contributed by atoms with van der Waals surface area (Å²) < 4.78 is 5.18. The van der Waals surface area contributed by atoms with E-state index < -0.39 is 0 Å². The molecular formula is C26H27N3O3. The van der Waals surface area contributed by atoms with Crippen molar-refractivity contribution in [1.29, 1.82) is 0 Å². The van der Waals surface area contributed by atoms with Gasteiger partial charge in [-0.15, -0.1) is 0 Å². The van der Waals surface area contributed by atoms with E-state index in [0.717, 1.165) is 45.8 Å². The molecule has 6 heteroatoms. The number of anilines is 2. The number of amides is 3. The Labute approximate surface area is 188 Å². The highest BCUT2D eigenvalue weighted by Gasteiger charge is 2.26. The summed E-state index contributed by atoms with van der Waals surface area (Å²) in [6.45, 7) is 5.00. The predicted molar refractivity (Wildman–Crippen MR) is 127 cm³/mol. The zero-order valence-electron chi connectivity index (χ0n) is 18.6. The molecule has 0 fully saturated rings. The Morgan fingerprint density at radius 1 is 1.00 bits per heavy atom. The molecule has 0 unspecified atom stereocenters. The molecule has 4 rings (SSSR count). The predicted octanol–water partition coefficient (Wildman–Crippen LogP) is 4.84. The standard InChI is InChI=1S/C26H27N3O3/c1-17-4-11-23(18(2)14-17)28-26(31)27-16-19-5-6-20-12-13-29(24(20)15-19)25(30)21-7-9-22(32-3)10-8-21/h4-11,14-15H,12-13,16H2,1-3H3,(H2,27,28,31). The second-order valence-electron chi connectivity index (χ2n) is 8.02. The molecule has 0 atom stereocenters. The fourth-order valence-corrected chi connectivity index (χ4v) is 3.94. The fraction of sp³-hybridized carbons (Fsp3) is 0.231. The first-order valence-corrected chi connectivity index (χ1v) is 10.6. The minimum atomic E-state index is -0.261. The van der Waals surface area contributed by atoms with E-state index in [1.54, 1.807) is 36.3 Å². The van der Waals surface area contributed by atoms with Crippen molar-refractivity contribution in [2.24, 2.45) is 0 Å². The van der Waals surface area contributed by atoms with E-state index in [-0.39, 0.29) is 11.9 Å². The summed E-state index contributed by atoms with van der Waals surface area (Å²) in [6.07, 6.45) is 0.818. The minimum Gasteiger partial charge on any atom is -0.497 e. The molecule has 0 saturated heterocycles. The van der Waals surface area contributed by atoms with Gasteiger partial charge in [0.2, 0.25) is 0 Å². The first-order valence-electron chi connectivity index (χ1n) is 10.6. The lowest BCUT2D eigenvalue weighted by molar-refractivity contribution is 0.0989. The van der Waals surface area contributed by atoms with Crippen molar-refractivity contribution in [3.8, 4) is 5.75 Å². The van der Waals surface area contributed by atoms with Gasteiger partial charge in [0.05, 0.1) is 7.11 Å². The molecule has 3 aromatic carbocycles. The van der Waals surface area contributed by atoms with Crippen LogP contribution in [0.15, 0.2) is 60.7 Å². The van der Waals surface area contributed by atoms with Crippen LogP contribution in [0, 0.1) is 13.8 Å². The van der Waals surface area contributed by atoms with Crippen molar-refractivity contribution in [2.45, 2.75) is 26.8 Å². The van der Waals surface area contributed by atoms with Gasteiger partial charge in [-0.25, -0.2) is 4.79 Å². The number of nitrogens with one attached hydrogen (secondary N) is 2. The number of urea groups is 1. The highest BCUT2D eigenvalue weighted by atomic mass is 16.5. The summed E-state index contributed by atoms with van der Waals surface area (Å²) in [5, 5.41) is 5.79. The first-order chi connectivity index (χ1) is 15.4. The molecule has 0 saturated carbocycles. The zero-order chi connectivity index (χ0) is 22.7. The minimum absolute atomic E-state index is 0.0379. The van der Waals surface area contributed by atoms with Gasteiger partial charge in [0.1, 0.15) is 5.75 Å². The molecular weight excluding hydrogens is 402 g/mol. The van der Waals surface area contributed by atoms with Crippen LogP contribution < -0.4 is 20.3 Å². The number of aryl methyl sites for hydroxylation is 2. The van der Waals surface area contributed by atoms with Crippen LogP contribution in [-0.4, -0.2) is 25.6 Å². The summed E-state index contributed by atoms with van der Waals surface area (Å²) in [5.41, 5.74) is 6.56. The second-order valence-corrected chi connectivity index (χ2v) is 8.02. The Morgan fingerprint density at radius 3 is 2.50 bits per heavy atom. The molecule has 3 amide bonds. The summed E-state index contributed by atoms with van der Waals surface area (Å²) in [6, 6.07) is 18.8. The van der Waals surface area contributed by atoms with Crippen LogP contribution in [-0.2, 0) is 13.0 Å². The number of nitrogens with zero attached hydrogens (tertiary/aromatic N) is 1. The molecule has 1 aliphatic rings. The third-order valence-corrected chi connectivity index (χ3v) is 5.71. The van der Waals surface area contributed by atoms with Crippen LogP contribution in [0.1, 0.15) is 32.6 Å². The lowest BCUT2D eigenvalue weighted by Crippen LogP contribution is -2.29. The van der Waals surface area contributed by atoms with E-state index in [1.807, 2.05) is 50.2 Å². The molecule has 0 bridgehead atoms. The molecule has 0 aromatic heterocycles. The van der Waals surface area contributed by atoms with Gasteiger partial charge in [-0.2, -0.15) is 0 Å². The Hall–Kier alpha value is -3.80. The maximum atomic E-state index is 13.1. The number of methoxy groups -OCH3 is 1. The Morgan fingerprint density at radius 2 is 1.78 bits per heavy atom. The monoisotopic (exact) mass is 429 g/mol. The van der Waals surface area contributed by atoms with E-state index >= 15 is 0 Å². The number of benzene rings is 3. The van der Waals surface area contributed by atoms with E-state index in [0.29, 0.717) is 18.7 Å². The maximum absolute atomic E-state index is 13.1. The van der Waals surface area contributed by atoms with Gasteiger partial charge >= 0.3 is 6.03 Å². The van der Waals surface area contributed by atoms with Gasteiger partial charge in [-0.05, 0) is 73.4 Å². The number of hydrogen-bond acceptors (Lipinski definition) is 3. The van der Waals surface area contributed by atoms with E-state index in [1.165, 1.54) is 0 Å². The van der Waals surface area contributed by atoms with Gasteiger partial charge < -0.3 is 20.3 Å². The maximum Gasteiger partial charge on any atom is 0.319 e. The number of rotatable bonds is 5. The van der Waals surface area contributed by atoms with Crippen molar-refractivity contribution in [1.82, 2.24) is 5.32 Å². The molecule has 1 heterocycles. The molecule has 1 aliphatic heterocycles. The van der Waals surface area contributed by atoms with E-state index in [2.05, 4.69) is 10.6 Å². The largest absolute Gasteiger partial charge is 0.497 e. The molecule has 2 N–H and O–H groups in total. The van der Waals surface area contributed by atoms with Gasteiger partial charge in [0, 0.05) is 30.0 Å². The lowest BCUT2D eigenvalue weighted by atomic mass is 10.1. The van der Waals surface area contributed by atoms with Gasteiger partial charge in [0.25, 0.3) is 5.91 Å². The highest BCUT2D eigenvalue weighted by Crippen LogP contribution is 2.30. The normalized spacial score (nSPS) is 12.3. The fourth-order valence-electron chi connectivity index (χ4n) is 3.94. The summed E-state index contributed by atoms with van der Waals surface area (Å²) in [4.78, 5) is 27.2. The molecule has 6 nitrogen and oxygen atoms in total. The van der Waals surface area contributed by atoms with Gasteiger partial charge in [-0.1, -0.05) is 29.8 Å². The van der Waals surface area contributed by atoms with Crippen molar-refractivity contribution >= 4 is 23.3 Å². The lowest BCUT2D eigenvalue weighted by Gasteiger charge is -2.18. The van der Waals surface area contributed by atoms with Crippen LogP contribution in [0.4, 0.5) is 16.2 Å². The van der Waals surface area contributed by atoms with Crippen molar-refractivity contribution in [3.63, 3.8) is 0 Å². The SMILES string of the molecule is COc1ccc(C(=O)N2CCc3ccc(CNC(=O)Nc4ccc(C)cc4C)cc32)cc1. The summed E-state index contributed by atoms with van der Waals surface area (Å²) in [5.74, 6) is 0.681. The van der Waals surface area contributed by atoms with Crippen molar-refractivity contribution in [3.05, 3.63) is 88.5 Å².